The van der Waals surface area contributed by atoms with Gasteiger partial charge in [-0.15, -0.1) is 0 Å². The lowest BCUT2D eigenvalue weighted by atomic mass is 10.1. The van der Waals surface area contributed by atoms with Crippen molar-refractivity contribution in [3.8, 4) is 0 Å². The van der Waals surface area contributed by atoms with Crippen LogP contribution >= 0.6 is 0 Å². The highest BCUT2D eigenvalue weighted by Crippen LogP contribution is 2.23. The van der Waals surface area contributed by atoms with Crippen molar-refractivity contribution in [2.24, 2.45) is 0 Å². The number of aryl methyl sites for hydroxylation is 1. The maximum Gasteiger partial charge on any atom is 0.141 e. The number of aliphatic hydroxyl groups excluding tert-OH is 1. The third kappa shape index (κ3) is 2.64. The number of halogens is 1. The first-order valence-corrected chi connectivity index (χ1v) is 6.93. The Labute approximate surface area is 121 Å². The minimum atomic E-state index is -0.797. The van der Waals surface area contributed by atoms with Crippen LogP contribution in [0, 0.1) is 5.82 Å². The zero-order chi connectivity index (χ0) is 14.8. The number of benzene rings is 1. The molecule has 0 bridgehead atoms. The predicted molar refractivity (Wildman–Crippen MR) is 78.3 cm³/mol. The molecule has 21 heavy (non-hydrogen) atoms. The van der Waals surface area contributed by atoms with Crippen LogP contribution in [0.15, 0.2) is 42.6 Å². The molecule has 0 aliphatic carbocycles. The maximum atomic E-state index is 12.9. The van der Waals surface area contributed by atoms with Crippen molar-refractivity contribution in [3.05, 3.63) is 59.8 Å². The Morgan fingerprint density at radius 3 is 2.76 bits per heavy atom. The van der Waals surface area contributed by atoms with Gasteiger partial charge in [-0.3, -0.25) is 9.67 Å². The lowest BCUT2D eigenvalue weighted by Gasteiger charge is -2.08. The smallest absolute Gasteiger partial charge is 0.141 e. The second kappa shape index (κ2) is 5.61. The summed E-state index contributed by atoms with van der Waals surface area (Å²) in [5.74, 6) is -0.410. The topological polar surface area (TPSA) is 50.9 Å². The van der Waals surface area contributed by atoms with Gasteiger partial charge in [0.1, 0.15) is 11.9 Å². The zero-order valence-electron chi connectivity index (χ0n) is 11.7. The van der Waals surface area contributed by atoms with Crippen LogP contribution in [0.1, 0.15) is 24.4 Å². The Bertz CT molecular complexity index is 752. The predicted octanol–water partition coefficient (Wildman–Crippen LogP) is 2.87. The molecule has 0 amide bonds. The normalized spacial score (nSPS) is 12.7. The first kappa shape index (κ1) is 13.7. The van der Waals surface area contributed by atoms with E-state index < -0.39 is 11.9 Å². The van der Waals surface area contributed by atoms with Crippen molar-refractivity contribution < 1.29 is 9.50 Å². The zero-order valence-corrected chi connectivity index (χ0v) is 11.7. The largest absolute Gasteiger partial charge is 0.386 e. The van der Waals surface area contributed by atoms with Crippen molar-refractivity contribution in [2.45, 2.75) is 26.0 Å². The lowest BCUT2D eigenvalue weighted by Crippen LogP contribution is -2.06. The Kier molecular flexibility index (Phi) is 3.66. The van der Waals surface area contributed by atoms with Gasteiger partial charge in [0.05, 0.1) is 23.1 Å². The summed E-state index contributed by atoms with van der Waals surface area (Å²) in [6.07, 6.45) is 0.669. The lowest BCUT2D eigenvalue weighted by molar-refractivity contribution is 0.172. The number of rotatable bonds is 4. The molecule has 0 spiro atoms. The molecular formula is C16H16FN3O. The molecule has 1 aromatic carbocycles. The van der Waals surface area contributed by atoms with E-state index in [1.807, 2.05) is 35.9 Å². The van der Waals surface area contributed by atoms with E-state index in [0.29, 0.717) is 12.1 Å². The first-order valence-electron chi connectivity index (χ1n) is 6.93. The number of hydrogen-bond donors (Lipinski definition) is 1. The van der Waals surface area contributed by atoms with E-state index in [1.54, 1.807) is 0 Å². The van der Waals surface area contributed by atoms with E-state index in [1.165, 1.54) is 12.1 Å². The van der Waals surface area contributed by atoms with Gasteiger partial charge in [-0.1, -0.05) is 18.2 Å². The summed E-state index contributed by atoms with van der Waals surface area (Å²) in [6, 6.07) is 10.7. The van der Waals surface area contributed by atoms with Crippen molar-refractivity contribution in [3.63, 3.8) is 0 Å². The molecule has 1 atom stereocenters. The summed E-state index contributed by atoms with van der Waals surface area (Å²) in [6.45, 7) is 2.80. The van der Waals surface area contributed by atoms with Crippen LogP contribution in [0.3, 0.4) is 0 Å². The second-order valence-electron chi connectivity index (χ2n) is 4.90. The molecule has 3 rings (SSSR count). The van der Waals surface area contributed by atoms with Gasteiger partial charge in [-0.2, -0.15) is 5.10 Å². The van der Waals surface area contributed by atoms with Crippen molar-refractivity contribution >= 4 is 10.9 Å². The van der Waals surface area contributed by atoms with E-state index >= 15 is 0 Å². The molecule has 3 aromatic rings. The molecule has 0 saturated heterocycles. The maximum absolute atomic E-state index is 12.9. The van der Waals surface area contributed by atoms with Crippen LogP contribution in [-0.2, 0) is 13.0 Å². The van der Waals surface area contributed by atoms with Crippen LogP contribution in [0.25, 0.3) is 10.9 Å². The van der Waals surface area contributed by atoms with Crippen LogP contribution in [0.4, 0.5) is 4.39 Å². The average Bonchev–Trinajstić information content (AvgIpc) is 2.86. The average molecular weight is 285 g/mol. The Morgan fingerprint density at radius 2 is 2.05 bits per heavy atom. The van der Waals surface area contributed by atoms with E-state index in [2.05, 4.69) is 10.1 Å². The molecule has 0 fully saturated rings. The van der Waals surface area contributed by atoms with Crippen molar-refractivity contribution in [1.29, 1.82) is 0 Å². The number of aromatic nitrogens is 3. The quantitative estimate of drug-likeness (QED) is 0.802. The molecule has 4 nitrogen and oxygen atoms in total. The molecule has 0 aliphatic rings. The number of nitrogens with zero attached hydrogens (tertiary/aromatic N) is 3. The Morgan fingerprint density at radius 1 is 1.24 bits per heavy atom. The van der Waals surface area contributed by atoms with E-state index in [4.69, 9.17) is 0 Å². The monoisotopic (exact) mass is 285 g/mol. The van der Waals surface area contributed by atoms with Gasteiger partial charge in [0, 0.05) is 18.4 Å². The number of aliphatic hydroxyl groups is 1. The van der Waals surface area contributed by atoms with Crippen molar-refractivity contribution in [2.75, 3.05) is 0 Å². The molecule has 2 heterocycles. The first-order chi connectivity index (χ1) is 10.2. The van der Waals surface area contributed by atoms with Gasteiger partial charge in [0.25, 0.3) is 0 Å². The summed E-state index contributed by atoms with van der Waals surface area (Å²) in [5.41, 5.74) is 2.33. The van der Waals surface area contributed by atoms with Gasteiger partial charge in [-0.05, 0) is 25.1 Å². The number of fused-ring (bicyclic) bond motifs is 1. The number of hydrogen-bond acceptors (Lipinski definition) is 3. The van der Waals surface area contributed by atoms with Gasteiger partial charge >= 0.3 is 0 Å². The fourth-order valence-electron chi connectivity index (χ4n) is 2.46. The molecule has 0 radical (unpaired) electrons. The Hall–Kier alpha value is -2.27. The number of para-hydroxylation sites is 1. The third-order valence-electron chi connectivity index (χ3n) is 3.51. The van der Waals surface area contributed by atoms with Crippen LogP contribution in [0.2, 0.25) is 0 Å². The standard InChI is InChI=1S/C16H16FN3O/c1-2-20-15-6-4-3-5-12(15)14(19-20)9-16(21)13-8-7-11(17)10-18-13/h3-8,10,16,21H,2,9H2,1H3. The van der Waals surface area contributed by atoms with Gasteiger partial charge < -0.3 is 5.11 Å². The van der Waals surface area contributed by atoms with Gasteiger partial charge in [0.2, 0.25) is 0 Å². The van der Waals surface area contributed by atoms with Crippen LogP contribution < -0.4 is 0 Å². The van der Waals surface area contributed by atoms with E-state index in [9.17, 15) is 9.50 Å². The molecule has 2 aromatic heterocycles. The van der Waals surface area contributed by atoms with Gasteiger partial charge in [-0.25, -0.2) is 4.39 Å². The molecule has 1 N–H and O–H groups in total. The highest BCUT2D eigenvalue weighted by molar-refractivity contribution is 5.82. The summed E-state index contributed by atoms with van der Waals surface area (Å²) in [5, 5.41) is 15.8. The van der Waals surface area contributed by atoms with E-state index in [-0.39, 0.29) is 0 Å². The van der Waals surface area contributed by atoms with Gasteiger partial charge in [0.15, 0.2) is 0 Å². The molecule has 1 unspecified atom stereocenters. The minimum absolute atomic E-state index is 0.353. The fraction of sp³-hybridized carbons (Fsp3) is 0.250. The molecular weight excluding hydrogens is 269 g/mol. The van der Waals surface area contributed by atoms with Crippen molar-refractivity contribution in [1.82, 2.24) is 14.8 Å². The van der Waals surface area contributed by atoms with E-state index in [0.717, 1.165) is 29.3 Å². The highest BCUT2D eigenvalue weighted by Gasteiger charge is 2.16. The summed E-state index contributed by atoms with van der Waals surface area (Å²) >= 11 is 0. The fourth-order valence-corrected chi connectivity index (χ4v) is 2.46. The molecule has 0 saturated carbocycles. The van der Waals surface area contributed by atoms with Crippen LogP contribution in [0.5, 0.6) is 0 Å². The summed E-state index contributed by atoms with van der Waals surface area (Å²) in [4.78, 5) is 3.92. The molecule has 0 aliphatic heterocycles. The second-order valence-corrected chi connectivity index (χ2v) is 4.90. The Balaban J connectivity index is 1.92. The highest BCUT2D eigenvalue weighted by atomic mass is 19.1. The SMILES string of the molecule is CCn1nc(CC(O)c2ccc(F)cn2)c2ccccc21. The molecule has 108 valence electrons. The minimum Gasteiger partial charge on any atom is -0.386 e. The summed E-state index contributed by atoms with van der Waals surface area (Å²) < 4.78 is 14.8. The number of pyridine rings is 1. The van der Waals surface area contributed by atoms with Crippen LogP contribution in [-0.4, -0.2) is 19.9 Å². The third-order valence-corrected chi connectivity index (χ3v) is 3.51. The molecule has 5 heteroatoms. The summed E-state index contributed by atoms with van der Waals surface area (Å²) in [7, 11) is 0.